The third-order valence-electron chi connectivity index (χ3n) is 1.73. The van der Waals surface area contributed by atoms with Gasteiger partial charge in [0.25, 0.3) is 0 Å². The van der Waals surface area contributed by atoms with Crippen LogP contribution in [0.2, 0.25) is 0 Å². The van der Waals surface area contributed by atoms with E-state index in [9.17, 15) is 20.0 Å². The van der Waals surface area contributed by atoms with Crippen molar-refractivity contribution in [2.45, 2.75) is 6.04 Å². The van der Waals surface area contributed by atoms with Gasteiger partial charge < -0.3 is 10.2 Å². The maximum Gasteiger partial charge on any atom is 0.384 e. The van der Waals surface area contributed by atoms with E-state index < -0.39 is 16.9 Å². The quantitative estimate of drug-likeness (QED) is 0.497. The van der Waals surface area contributed by atoms with Crippen LogP contribution >= 0.6 is 22.6 Å². The number of carboxylic acid groups (broad SMARTS) is 1. The second-order valence-corrected chi connectivity index (χ2v) is 3.90. The van der Waals surface area contributed by atoms with Gasteiger partial charge in [-0.15, -0.1) is 0 Å². The van der Waals surface area contributed by atoms with Crippen molar-refractivity contribution in [3.8, 4) is 5.75 Å². The SMILES string of the molecule is O=C(O)C(c1ccc(O)c(I)c1)[N+](=O)[O-]. The number of phenols is 1. The fourth-order valence-electron chi connectivity index (χ4n) is 1.05. The molecule has 15 heavy (non-hydrogen) atoms. The molecule has 0 heterocycles. The van der Waals surface area contributed by atoms with Gasteiger partial charge in [0.15, 0.2) is 0 Å². The predicted molar refractivity (Wildman–Crippen MR) is 58.2 cm³/mol. The monoisotopic (exact) mass is 323 g/mol. The molecule has 6 nitrogen and oxygen atoms in total. The minimum Gasteiger partial charge on any atom is -0.507 e. The van der Waals surface area contributed by atoms with Crippen LogP contribution in [0.5, 0.6) is 5.75 Å². The fourth-order valence-corrected chi connectivity index (χ4v) is 1.59. The number of rotatable bonds is 3. The van der Waals surface area contributed by atoms with Gasteiger partial charge in [0.1, 0.15) is 5.75 Å². The minimum atomic E-state index is -1.79. The summed E-state index contributed by atoms with van der Waals surface area (Å²) in [6, 6.07) is 1.94. The Labute approximate surface area is 97.8 Å². The average molecular weight is 323 g/mol. The molecule has 80 valence electrons. The molecular weight excluding hydrogens is 317 g/mol. The number of nitrogens with zero attached hydrogens (tertiary/aromatic N) is 1. The molecule has 1 aromatic carbocycles. The topological polar surface area (TPSA) is 101 Å². The first-order valence-corrected chi connectivity index (χ1v) is 4.86. The van der Waals surface area contributed by atoms with E-state index in [2.05, 4.69) is 0 Å². The van der Waals surface area contributed by atoms with Crippen molar-refractivity contribution in [3.63, 3.8) is 0 Å². The molecule has 0 saturated carbocycles. The van der Waals surface area contributed by atoms with Crippen LogP contribution in [-0.4, -0.2) is 21.1 Å². The van der Waals surface area contributed by atoms with Crippen LogP contribution < -0.4 is 0 Å². The van der Waals surface area contributed by atoms with Crippen molar-refractivity contribution >= 4 is 28.6 Å². The number of aliphatic carboxylic acids is 1. The number of halogens is 1. The maximum atomic E-state index is 10.6. The second kappa shape index (κ2) is 4.43. The standard InChI is InChI=1S/C8H6INO5/c9-5-3-4(1-2-6(5)11)7(8(12)13)10(14)15/h1-3,7,11H,(H,12,13). The molecule has 1 atom stereocenters. The highest BCUT2D eigenvalue weighted by molar-refractivity contribution is 14.1. The summed E-state index contributed by atoms with van der Waals surface area (Å²) >= 11 is 1.76. The molecule has 0 bridgehead atoms. The normalized spacial score (nSPS) is 12.1. The van der Waals surface area contributed by atoms with E-state index in [1.54, 1.807) is 22.6 Å². The zero-order chi connectivity index (χ0) is 11.6. The number of hydrogen-bond acceptors (Lipinski definition) is 4. The van der Waals surface area contributed by atoms with Gasteiger partial charge in [-0.25, -0.2) is 4.79 Å². The van der Waals surface area contributed by atoms with Crippen LogP contribution in [-0.2, 0) is 4.79 Å². The summed E-state index contributed by atoms with van der Waals surface area (Å²) in [7, 11) is 0. The van der Waals surface area contributed by atoms with Crippen molar-refractivity contribution in [2.24, 2.45) is 0 Å². The second-order valence-electron chi connectivity index (χ2n) is 2.74. The Bertz CT molecular complexity index is 405. The molecule has 1 aromatic rings. The van der Waals surface area contributed by atoms with Crippen molar-refractivity contribution in [1.82, 2.24) is 0 Å². The molecule has 1 unspecified atom stereocenters. The van der Waals surface area contributed by atoms with E-state index in [1.807, 2.05) is 0 Å². The third kappa shape index (κ3) is 2.55. The Kier molecular flexibility index (Phi) is 3.45. The van der Waals surface area contributed by atoms with Crippen LogP contribution in [0.15, 0.2) is 18.2 Å². The van der Waals surface area contributed by atoms with Crippen LogP contribution in [0.3, 0.4) is 0 Å². The summed E-state index contributed by atoms with van der Waals surface area (Å²) in [5, 5.41) is 28.3. The van der Waals surface area contributed by atoms with Crippen molar-refractivity contribution < 1.29 is 19.9 Å². The number of benzene rings is 1. The number of aromatic hydroxyl groups is 1. The van der Waals surface area contributed by atoms with Gasteiger partial charge in [0.2, 0.25) is 0 Å². The minimum absolute atomic E-state index is 0.0353. The van der Waals surface area contributed by atoms with E-state index in [-0.39, 0.29) is 11.3 Å². The highest BCUT2D eigenvalue weighted by Crippen LogP contribution is 2.25. The molecule has 7 heteroatoms. The Hall–Kier alpha value is -1.38. The van der Waals surface area contributed by atoms with Crippen LogP contribution in [0.25, 0.3) is 0 Å². The van der Waals surface area contributed by atoms with Crippen LogP contribution in [0.1, 0.15) is 11.6 Å². The lowest BCUT2D eigenvalue weighted by Crippen LogP contribution is -2.20. The molecule has 2 N–H and O–H groups in total. The number of hydrogen-bond donors (Lipinski definition) is 2. The Morgan fingerprint density at radius 2 is 2.13 bits per heavy atom. The molecule has 1 rings (SSSR count). The highest BCUT2D eigenvalue weighted by Gasteiger charge is 2.31. The van der Waals surface area contributed by atoms with E-state index in [0.717, 1.165) is 0 Å². The van der Waals surface area contributed by atoms with E-state index in [4.69, 9.17) is 5.11 Å². The van der Waals surface area contributed by atoms with Gasteiger partial charge in [0, 0.05) is 10.5 Å². The first-order valence-electron chi connectivity index (χ1n) is 3.78. The Balaban J connectivity index is 3.18. The molecule has 0 saturated heterocycles. The van der Waals surface area contributed by atoms with E-state index in [0.29, 0.717) is 3.57 Å². The van der Waals surface area contributed by atoms with Gasteiger partial charge in [-0.1, -0.05) is 0 Å². The van der Waals surface area contributed by atoms with Gasteiger partial charge in [-0.05, 0) is 40.8 Å². The summed E-state index contributed by atoms with van der Waals surface area (Å²) in [6.07, 6.45) is 0. The van der Waals surface area contributed by atoms with E-state index >= 15 is 0 Å². The largest absolute Gasteiger partial charge is 0.507 e. The molecule has 0 spiro atoms. The Morgan fingerprint density at radius 3 is 2.53 bits per heavy atom. The maximum absolute atomic E-state index is 10.6. The van der Waals surface area contributed by atoms with Crippen LogP contribution in [0, 0.1) is 13.7 Å². The molecule has 0 aromatic heterocycles. The lowest BCUT2D eigenvalue weighted by Gasteiger charge is -2.05. The first-order chi connectivity index (χ1) is 6.93. The lowest BCUT2D eigenvalue weighted by molar-refractivity contribution is -0.516. The zero-order valence-electron chi connectivity index (χ0n) is 7.25. The van der Waals surface area contributed by atoms with Crippen molar-refractivity contribution in [2.75, 3.05) is 0 Å². The summed E-state index contributed by atoms with van der Waals surface area (Å²) in [5.74, 6) is -1.56. The summed E-state index contributed by atoms with van der Waals surface area (Å²) < 4.78 is 0.373. The predicted octanol–water partition coefficient (Wildman–Crippen LogP) is 1.40. The highest BCUT2D eigenvalue weighted by atomic mass is 127. The van der Waals surface area contributed by atoms with Gasteiger partial charge in [0.05, 0.1) is 3.57 Å². The van der Waals surface area contributed by atoms with Crippen molar-refractivity contribution in [3.05, 3.63) is 37.4 Å². The Morgan fingerprint density at radius 1 is 1.53 bits per heavy atom. The summed E-state index contributed by atoms with van der Waals surface area (Å²) in [4.78, 5) is 20.2. The first kappa shape index (κ1) is 11.7. The number of nitro groups is 1. The van der Waals surface area contributed by atoms with E-state index in [1.165, 1.54) is 18.2 Å². The molecule has 0 aliphatic rings. The third-order valence-corrected chi connectivity index (χ3v) is 2.60. The molecule has 0 amide bonds. The summed E-state index contributed by atoms with van der Waals surface area (Å²) in [6.45, 7) is 0. The lowest BCUT2D eigenvalue weighted by atomic mass is 10.1. The number of carboxylic acids is 1. The van der Waals surface area contributed by atoms with Gasteiger partial charge >= 0.3 is 12.0 Å². The smallest absolute Gasteiger partial charge is 0.384 e. The zero-order valence-corrected chi connectivity index (χ0v) is 9.41. The average Bonchev–Trinajstić information content (AvgIpc) is 2.10. The number of phenolic OH excluding ortho intramolecular Hbond substituents is 1. The number of carbonyl (C=O) groups is 1. The van der Waals surface area contributed by atoms with Gasteiger partial charge in [-0.2, -0.15) is 0 Å². The van der Waals surface area contributed by atoms with Crippen LogP contribution in [0.4, 0.5) is 0 Å². The van der Waals surface area contributed by atoms with Gasteiger partial charge in [-0.3, -0.25) is 10.1 Å². The molecule has 0 radical (unpaired) electrons. The molecular formula is C8H6INO5. The fraction of sp³-hybridized carbons (Fsp3) is 0.125. The summed E-state index contributed by atoms with van der Waals surface area (Å²) in [5.41, 5.74) is 0.0368. The molecule has 0 aliphatic carbocycles. The van der Waals surface area contributed by atoms with Crippen molar-refractivity contribution in [1.29, 1.82) is 0 Å². The molecule has 0 aliphatic heterocycles. The molecule has 0 fully saturated rings.